The van der Waals surface area contributed by atoms with Gasteiger partial charge in [-0.15, -0.1) is 0 Å². The summed E-state index contributed by atoms with van der Waals surface area (Å²) in [6.07, 6.45) is 2.32. The van der Waals surface area contributed by atoms with E-state index >= 15 is 0 Å². The summed E-state index contributed by atoms with van der Waals surface area (Å²) in [6, 6.07) is 21.2. The average molecular weight is 612 g/mol. The first-order chi connectivity index (χ1) is 20.5. The van der Waals surface area contributed by atoms with Crippen molar-refractivity contribution >= 4 is 27.5 Å². The lowest BCUT2D eigenvalue weighted by Crippen LogP contribution is -2.52. The highest BCUT2D eigenvalue weighted by atomic mass is 32.2. The molecule has 0 aliphatic heterocycles. The van der Waals surface area contributed by atoms with Gasteiger partial charge < -0.3 is 15.0 Å². The third kappa shape index (κ3) is 10.1. The van der Waals surface area contributed by atoms with E-state index in [4.69, 9.17) is 4.74 Å². The molecule has 0 aliphatic rings. The second-order valence-corrected chi connectivity index (χ2v) is 12.4. The van der Waals surface area contributed by atoms with Crippen molar-refractivity contribution < 1.29 is 27.1 Å². The van der Waals surface area contributed by atoms with Gasteiger partial charge in [-0.05, 0) is 62.1 Å². The van der Waals surface area contributed by atoms with Crippen molar-refractivity contribution in [2.45, 2.75) is 65.1 Å². The van der Waals surface area contributed by atoms with Gasteiger partial charge in [0.1, 0.15) is 17.6 Å². The van der Waals surface area contributed by atoms with Crippen molar-refractivity contribution in [1.29, 1.82) is 0 Å². The van der Waals surface area contributed by atoms with Crippen molar-refractivity contribution in [2.24, 2.45) is 0 Å². The monoisotopic (exact) mass is 611 g/mol. The lowest BCUT2D eigenvalue weighted by Gasteiger charge is -2.33. The third-order valence-electron chi connectivity index (χ3n) is 7.12. The van der Waals surface area contributed by atoms with E-state index in [1.165, 1.54) is 21.3 Å². The van der Waals surface area contributed by atoms with Crippen molar-refractivity contribution in [3.05, 3.63) is 95.8 Å². The summed E-state index contributed by atoms with van der Waals surface area (Å²) in [6.45, 7) is 6.19. The van der Waals surface area contributed by atoms with Crippen LogP contribution >= 0.6 is 0 Å². The Morgan fingerprint density at radius 1 is 0.930 bits per heavy atom. The van der Waals surface area contributed by atoms with Gasteiger partial charge in [0.25, 0.3) is 0 Å². The predicted octanol–water partition coefficient (Wildman–Crippen LogP) is 5.33. The van der Waals surface area contributed by atoms with E-state index in [1.807, 2.05) is 51.1 Å². The highest BCUT2D eigenvalue weighted by molar-refractivity contribution is 7.92. The Kier molecular flexibility index (Phi) is 12.5. The van der Waals surface area contributed by atoms with Gasteiger partial charge in [-0.1, -0.05) is 61.5 Å². The van der Waals surface area contributed by atoms with Gasteiger partial charge >= 0.3 is 0 Å². The van der Waals surface area contributed by atoms with Crippen LogP contribution in [-0.2, 0) is 32.6 Å². The number of carbonyl (C=O) groups is 2. The number of sulfonamides is 1. The number of halogens is 1. The normalized spacial score (nSPS) is 12.7. The zero-order valence-corrected chi connectivity index (χ0v) is 26.1. The zero-order valence-electron chi connectivity index (χ0n) is 25.3. The molecule has 0 bridgehead atoms. The fourth-order valence-electron chi connectivity index (χ4n) is 4.70. The van der Waals surface area contributed by atoms with Crippen LogP contribution < -0.4 is 14.4 Å². The van der Waals surface area contributed by atoms with Crippen LogP contribution in [0.1, 0.15) is 51.2 Å². The van der Waals surface area contributed by atoms with E-state index in [0.29, 0.717) is 23.6 Å². The summed E-state index contributed by atoms with van der Waals surface area (Å²) >= 11 is 0. The second kappa shape index (κ2) is 16.1. The second-order valence-electron chi connectivity index (χ2n) is 10.5. The van der Waals surface area contributed by atoms with Gasteiger partial charge in [-0.2, -0.15) is 0 Å². The number of nitrogens with zero attached hydrogens (tertiary/aromatic N) is 2. The van der Waals surface area contributed by atoms with Gasteiger partial charge in [-0.25, -0.2) is 12.8 Å². The van der Waals surface area contributed by atoms with Crippen LogP contribution in [0.3, 0.4) is 0 Å². The minimum absolute atomic E-state index is 0.00802. The number of rotatable bonds is 16. The topological polar surface area (TPSA) is 96.0 Å². The number of anilines is 1. The predicted molar refractivity (Wildman–Crippen MR) is 168 cm³/mol. The minimum atomic E-state index is -3.69. The van der Waals surface area contributed by atoms with E-state index in [9.17, 15) is 22.4 Å². The SMILES string of the molecule is CCOc1ccccc1N(CCCC(=O)N(Cc1ccc(F)cc1)[C@H](Cc1ccccc1)C(=O)N[C@H](C)CC)S(C)(=O)=O. The smallest absolute Gasteiger partial charge is 0.243 e. The van der Waals surface area contributed by atoms with Crippen LogP contribution in [0.4, 0.5) is 10.1 Å². The maximum atomic E-state index is 13.9. The molecule has 0 saturated carbocycles. The lowest BCUT2D eigenvalue weighted by molar-refractivity contribution is -0.141. The van der Waals surface area contributed by atoms with E-state index in [2.05, 4.69) is 5.32 Å². The molecule has 0 aromatic heterocycles. The van der Waals surface area contributed by atoms with Crippen LogP contribution in [0.25, 0.3) is 0 Å². The van der Waals surface area contributed by atoms with Gasteiger partial charge in [0.2, 0.25) is 21.8 Å². The van der Waals surface area contributed by atoms with Crippen LogP contribution in [0, 0.1) is 5.82 Å². The van der Waals surface area contributed by atoms with Crippen LogP contribution in [-0.4, -0.2) is 56.6 Å². The average Bonchev–Trinajstić information content (AvgIpc) is 2.98. The molecule has 8 nitrogen and oxygen atoms in total. The number of nitrogens with one attached hydrogen (secondary N) is 1. The fourth-order valence-corrected chi connectivity index (χ4v) is 5.67. The molecule has 2 atom stereocenters. The molecule has 0 radical (unpaired) electrons. The molecule has 0 unspecified atom stereocenters. The van der Waals surface area contributed by atoms with E-state index in [0.717, 1.165) is 18.2 Å². The molecule has 1 N–H and O–H groups in total. The first-order valence-corrected chi connectivity index (χ1v) is 16.5. The van der Waals surface area contributed by atoms with Gasteiger partial charge in [0.05, 0.1) is 18.6 Å². The summed E-state index contributed by atoms with van der Waals surface area (Å²) in [5.74, 6) is -0.553. The zero-order chi connectivity index (χ0) is 31.4. The molecule has 0 aliphatic carbocycles. The molecule has 0 heterocycles. The number of hydrogen-bond donors (Lipinski definition) is 1. The Balaban J connectivity index is 1.90. The maximum Gasteiger partial charge on any atom is 0.243 e. The molecular weight excluding hydrogens is 569 g/mol. The maximum absolute atomic E-state index is 13.9. The first-order valence-electron chi connectivity index (χ1n) is 14.6. The quantitative estimate of drug-likeness (QED) is 0.236. The summed E-state index contributed by atoms with van der Waals surface area (Å²) in [4.78, 5) is 29.1. The molecule has 3 aromatic carbocycles. The summed E-state index contributed by atoms with van der Waals surface area (Å²) in [7, 11) is -3.69. The Morgan fingerprint density at radius 2 is 1.58 bits per heavy atom. The standard InChI is InChI=1S/C33H42FN3O5S/c1-5-25(3)35-33(39)30(23-26-13-8-7-9-14-26)36(24-27-18-20-28(34)21-19-27)32(38)17-12-22-37(43(4,40)41)29-15-10-11-16-31(29)42-6-2/h7-11,13-16,18-21,25,30H,5-6,12,17,22-24H2,1-4H3,(H,35,39)/t25-,30-/m1/s1. The Hall–Kier alpha value is -3.92. The number of amides is 2. The largest absolute Gasteiger partial charge is 0.492 e. The van der Waals surface area contributed by atoms with Gasteiger partial charge in [0.15, 0.2) is 0 Å². The van der Waals surface area contributed by atoms with Gasteiger partial charge in [0, 0.05) is 32.0 Å². The molecule has 3 aromatic rings. The molecule has 0 fully saturated rings. The molecular formula is C33H42FN3O5S. The van der Waals surface area contributed by atoms with E-state index < -0.39 is 21.9 Å². The number of benzene rings is 3. The van der Waals surface area contributed by atoms with Crippen LogP contribution in [0.5, 0.6) is 5.75 Å². The Labute approximate surface area is 254 Å². The minimum Gasteiger partial charge on any atom is -0.492 e. The molecule has 232 valence electrons. The molecule has 43 heavy (non-hydrogen) atoms. The number of para-hydroxylation sites is 2. The van der Waals surface area contributed by atoms with Crippen molar-refractivity contribution in [2.75, 3.05) is 23.7 Å². The van der Waals surface area contributed by atoms with Crippen LogP contribution in [0.2, 0.25) is 0 Å². The lowest BCUT2D eigenvalue weighted by atomic mass is 10.0. The first kappa shape index (κ1) is 33.6. The highest BCUT2D eigenvalue weighted by Gasteiger charge is 2.31. The number of ether oxygens (including phenoxy) is 1. The number of hydrogen-bond acceptors (Lipinski definition) is 5. The third-order valence-corrected chi connectivity index (χ3v) is 8.30. The van der Waals surface area contributed by atoms with E-state index in [-0.39, 0.29) is 50.2 Å². The molecule has 10 heteroatoms. The molecule has 0 saturated heterocycles. The van der Waals surface area contributed by atoms with Crippen molar-refractivity contribution in [3.63, 3.8) is 0 Å². The summed E-state index contributed by atoms with van der Waals surface area (Å²) in [5, 5.41) is 3.02. The molecule has 2 amide bonds. The van der Waals surface area contributed by atoms with Crippen LogP contribution in [0.15, 0.2) is 78.9 Å². The Bertz CT molecular complexity index is 1430. The van der Waals surface area contributed by atoms with Crippen molar-refractivity contribution in [1.82, 2.24) is 10.2 Å². The molecule has 0 spiro atoms. The fraction of sp³-hybridized carbons (Fsp3) is 0.394. The number of carbonyl (C=O) groups excluding carboxylic acids is 2. The highest BCUT2D eigenvalue weighted by Crippen LogP contribution is 2.30. The van der Waals surface area contributed by atoms with Gasteiger partial charge in [-0.3, -0.25) is 13.9 Å². The Morgan fingerprint density at radius 3 is 2.21 bits per heavy atom. The van der Waals surface area contributed by atoms with E-state index in [1.54, 1.807) is 36.4 Å². The molecule has 3 rings (SSSR count). The summed E-state index contributed by atoms with van der Waals surface area (Å²) in [5.41, 5.74) is 1.96. The van der Waals surface area contributed by atoms with Crippen molar-refractivity contribution in [3.8, 4) is 5.75 Å². The summed E-state index contributed by atoms with van der Waals surface area (Å²) < 4.78 is 46.2.